The Bertz CT molecular complexity index is 498. The Morgan fingerprint density at radius 1 is 1.25 bits per heavy atom. The van der Waals surface area contributed by atoms with Gasteiger partial charge in [-0.15, -0.1) is 0 Å². The van der Waals surface area contributed by atoms with Gasteiger partial charge < -0.3 is 15.2 Å². The first-order chi connectivity index (χ1) is 9.44. The summed E-state index contributed by atoms with van der Waals surface area (Å²) in [7, 11) is 0. The van der Waals surface area contributed by atoms with Crippen molar-refractivity contribution in [2.75, 3.05) is 13.2 Å². The zero-order chi connectivity index (χ0) is 14.8. The zero-order valence-corrected chi connectivity index (χ0v) is 11.6. The molecule has 0 saturated heterocycles. The van der Waals surface area contributed by atoms with Crippen LogP contribution in [0.15, 0.2) is 30.3 Å². The second-order valence-corrected chi connectivity index (χ2v) is 5.57. The van der Waals surface area contributed by atoms with E-state index in [9.17, 15) is 9.59 Å². The molecule has 1 saturated carbocycles. The maximum Gasteiger partial charge on any atom is 0.307 e. The van der Waals surface area contributed by atoms with Crippen LogP contribution in [0.3, 0.4) is 0 Å². The third-order valence-electron chi connectivity index (χ3n) is 3.79. The number of ether oxygens (including phenoxy) is 1. The molecule has 2 rings (SSSR count). The second kappa shape index (κ2) is 5.53. The third kappa shape index (κ3) is 2.92. The van der Waals surface area contributed by atoms with E-state index in [-0.39, 0.29) is 5.91 Å². The van der Waals surface area contributed by atoms with Gasteiger partial charge in [0.05, 0.1) is 18.4 Å². The van der Waals surface area contributed by atoms with Crippen LogP contribution in [0.5, 0.6) is 5.75 Å². The number of benzene rings is 1. The van der Waals surface area contributed by atoms with Gasteiger partial charge in [-0.25, -0.2) is 0 Å². The van der Waals surface area contributed by atoms with Gasteiger partial charge >= 0.3 is 5.97 Å². The fourth-order valence-corrected chi connectivity index (χ4v) is 2.56. The van der Waals surface area contributed by atoms with Crippen LogP contribution in [-0.2, 0) is 9.59 Å². The van der Waals surface area contributed by atoms with Crippen molar-refractivity contribution in [1.82, 2.24) is 5.32 Å². The number of nitrogens with one attached hydrogen (secondary N) is 1. The van der Waals surface area contributed by atoms with Gasteiger partial charge in [-0.2, -0.15) is 0 Å². The molecular weight excluding hydrogens is 258 g/mol. The van der Waals surface area contributed by atoms with Crippen LogP contribution in [0, 0.1) is 17.3 Å². The second-order valence-electron chi connectivity index (χ2n) is 5.57. The zero-order valence-electron chi connectivity index (χ0n) is 11.6. The highest BCUT2D eigenvalue weighted by Crippen LogP contribution is 2.58. The molecule has 1 fully saturated rings. The number of carbonyl (C=O) groups is 2. The highest BCUT2D eigenvalue weighted by Gasteiger charge is 2.65. The summed E-state index contributed by atoms with van der Waals surface area (Å²) in [4.78, 5) is 22.9. The highest BCUT2D eigenvalue weighted by atomic mass is 16.5. The van der Waals surface area contributed by atoms with Crippen molar-refractivity contribution in [2.45, 2.75) is 13.8 Å². The molecule has 5 nitrogen and oxygen atoms in total. The molecule has 0 heterocycles. The number of rotatable bonds is 6. The van der Waals surface area contributed by atoms with Crippen molar-refractivity contribution >= 4 is 11.9 Å². The molecule has 2 N–H and O–H groups in total. The summed E-state index contributed by atoms with van der Waals surface area (Å²) < 4.78 is 5.45. The normalized spacial score (nSPS) is 22.9. The van der Waals surface area contributed by atoms with Gasteiger partial charge in [0, 0.05) is 0 Å². The van der Waals surface area contributed by atoms with Crippen LogP contribution in [-0.4, -0.2) is 30.1 Å². The van der Waals surface area contributed by atoms with Crippen LogP contribution in [0.1, 0.15) is 13.8 Å². The van der Waals surface area contributed by atoms with Gasteiger partial charge in [-0.3, -0.25) is 9.59 Å². The number of aliphatic carboxylic acids is 1. The predicted octanol–water partition coefficient (Wildman–Crippen LogP) is 1.54. The molecule has 0 aromatic heterocycles. The summed E-state index contributed by atoms with van der Waals surface area (Å²) in [5.41, 5.74) is -0.462. The predicted molar refractivity (Wildman–Crippen MR) is 73.3 cm³/mol. The van der Waals surface area contributed by atoms with Gasteiger partial charge in [0.2, 0.25) is 5.91 Å². The standard InChI is InChI=1S/C15H19NO4/c1-15(2)11(12(15)14(18)19)13(17)16-8-9-20-10-6-4-3-5-7-10/h3-7,11-12H,8-9H2,1-2H3,(H,16,17)(H,18,19)/t11-,12+/m1/s1. The van der Waals surface area contributed by atoms with E-state index in [2.05, 4.69) is 5.32 Å². The average Bonchev–Trinajstić information content (AvgIpc) is 2.99. The molecular formula is C15H19NO4. The van der Waals surface area contributed by atoms with Gasteiger partial charge in [-0.05, 0) is 17.5 Å². The lowest BCUT2D eigenvalue weighted by molar-refractivity contribution is -0.140. The first-order valence-corrected chi connectivity index (χ1v) is 6.63. The van der Waals surface area contributed by atoms with Crippen LogP contribution in [0.2, 0.25) is 0 Å². The monoisotopic (exact) mass is 277 g/mol. The number of carboxylic acids is 1. The van der Waals surface area contributed by atoms with Crippen LogP contribution in [0.4, 0.5) is 0 Å². The number of hydrogen-bond acceptors (Lipinski definition) is 3. The van der Waals surface area contributed by atoms with Crippen molar-refractivity contribution in [1.29, 1.82) is 0 Å². The Morgan fingerprint density at radius 2 is 1.90 bits per heavy atom. The van der Waals surface area contributed by atoms with E-state index in [1.807, 2.05) is 30.3 Å². The SMILES string of the molecule is CC1(C)[C@H](C(=O)O)[C@@H]1C(=O)NCCOc1ccccc1. The molecule has 20 heavy (non-hydrogen) atoms. The van der Waals surface area contributed by atoms with Crippen LogP contribution >= 0.6 is 0 Å². The van der Waals surface area contributed by atoms with E-state index in [1.165, 1.54) is 0 Å². The van der Waals surface area contributed by atoms with Crippen molar-refractivity contribution in [2.24, 2.45) is 17.3 Å². The van der Waals surface area contributed by atoms with Crippen LogP contribution < -0.4 is 10.1 Å². The van der Waals surface area contributed by atoms with Gasteiger partial charge in [0.25, 0.3) is 0 Å². The number of para-hydroxylation sites is 1. The lowest BCUT2D eigenvalue weighted by Crippen LogP contribution is -2.31. The summed E-state index contributed by atoms with van der Waals surface area (Å²) in [6.45, 7) is 4.33. The minimum Gasteiger partial charge on any atom is -0.492 e. The van der Waals surface area contributed by atoms with Crippen LogP contribution in [0.25, 0.3) is 0 Å². The minimum absolute atomic E-state index is 0.209. The fraction of sp³-hybridized carbons (Fsp3) is 0.467. The Kier molecular flexibility index (Phi) is 3.97. The molecule has 0 radical (unpaired) electrons. The molecule has 0 aliphatic heterocycles. The molecule has 1 aliphatic carbocycles. The summed E-state index contributed by atoms with van der Waals surface area (Å²) in [5, 5.41) is 11.8. The number of carboxylic acid groups (broad SMARTS) is 1. The van der Waals surface area contributed by atoms with Crippen molar-refractivity contribution in [3.05, 3.63) is 30.3 Å². The molecule has 1 aromatic rings. The molecule has 0 unspecified atom stereocenters. The Balaban J connectivity index is 1.73. The number of carbonyl (C=O) groups excluding carboxylic acids is 1. The van der Waals surface area contributed by atoms with E-state index >= 15 is 0 Å². The minimum atomic E-state index is -0.907. The Labute approximate surface area is 117 Å². The van der Waals surface area contributed by atoms with Crippen molar-refractivity contribution in [3.8, 4) is 5.75 Å². The van der Waals surface area contributed by atoms with E-state index < -0.39 is 23.2 Å². The first kappa shape index (κ1) is 14.4. The molecule has 1 amide bonds. The third-order valence-corrected chi connectivity index (χ3v) is 3.79. The topological polar surface area (TPSA) is 75.6 Å². The Hall–Kier alpha value is -2.04. The van der Waals surface area contributed by atoms with Gasteiger partial charge in [0.1, 0.15) is 12.4 Å². The lowest BCUT2D eigenvalue weighted by atomic mass is 10.1. The van der Waals surface area contributed by atoms with Crippen molar-refractivity contribution < 1.29 is 19.4 Å². The summed E-state index contributed by atoms with van der Waals surface area (Å²) in [6, 6.07) is 9.32. The largest absolute Gasteiger partial charge is 0.492 e. The maximum absolute atomic E-state index is 11.9. The van der Waals surface area contributed by atoms with E-state index in [4.69, 9.17) is 9.84 Å². The number of hydrogen-bond donors (Lipinski definition) is 2. The smallest absolute Gasteiger partial charge is 0.307 e. The summed E-state index contributed by atoms with van der Waals surface area (Å²) in [6.07, 6.45) is 0. The Morgan fingerprint density at radius 3 is 2.45 bits per heavy atom. The highest BCUT2D eigenvalue weighted by molar-refractivity contribution is 5.91. The van der Waals surface area contributed by atoms with E-state index in [0.717, 1.165) is 5.75 Å². The summed E-state index contributed by atoms with van der Waals surface area (Å²) in [5.74, 6) is -1.40. The van der Waals surface area contributed by atoms with E-state index in [0.29, 0.717) is 13.2 Å². The van der Waals surface area contributed by atoms with E-state index in [1.54, 1.807) is 13.8 Å². The van der Waals surface area contributed by atoms with Crippen molar-refractivity contribution in [3.63, 3.8) is 0 Å². The lowest BCUT2D eigenvalue weighted by Gasteiger charge is -2.08. The maximum atomic E-state index is 11.9. The molecule has 5 heteroatoms. The fourth-order valence-electron chi connectivity index (χ4n) is 2.56. The molecule has 2 atom stereocenters. The molecule has 108 valence electrons. The molecule has 0 bridgehead atoms. The average molecular weight is 277 g/mol. The summed E-state index contributed by atoms with van der Waals surface area (Å²) >= 11 is 0. The first-order valence-electron chi connectivity index (χ1n) is 6.63. The number of amides is 1. The molecule has 1 aromatic carbocycles. The molecule has 1 aliphatic rings. The molecule has 0 spiro atoms. The quantitative estimate of drug-likeness (QED) is 0.773. The van der Waals surface area contributed by atoms with Gasteiger partial charge in [-0.1, -0.05) is 32.0 Å². The van der Waals surface area contributed by atoms with Gasteiger partial charge in [0.15, 0.2) is 0 Å².